The first kappa shape index (κ1) is 22.1. The number of pyridine rings is 1. The number of anilines is 1. The van der Waals surface area contributed by atoms with Gasteiger partial charge < -0.3 is 15.5 Å². The molecule has 0 radical (unpaired) electrons. The summed E-state index contributed by atoms with van der Waals surface area (Å²) in [6.45, 7) is 2.59. The van der Waals surface area contributed by atoms with Crippen LogP contribution >= 0.6 is 0 Å². The molecule has 28 heavy (non-hydrogen) atoms. The van der Waals surface area contributed by atoms with Gasteiger partial charge in [0.15, 0.2) is 0 Å². The Balaban J connectivity index is 1.41. The molecule has 0 saturated heterocycles. The summed E-state index contributed by atoms with van der Waals surface area (Å²) in [5.74, 6) is 1.24. The van der Waals surface area contributed by atoms with Crippen molar-refractivity contribution in [3.63, 3.8) is 0 Å². The molecule has 0 unspecified atom stereocenters. The lowest BCUT2D eigenvalue weighted by molar-refractivity contribution is 0.00861. The van der Waals surface area contributed by atoms with Crippen LogP contribution in [0.25, 0.3) is 0 Å². The third kappa shape index (κ3) is 10.2. The fourth-order valence-electron chi connectivity index (χ4n) is 3.40. The first-order chi connectivity index (χ1) is 13.9. The third-order valence-corrected chi connectivity index (χ3v) is 5.00. The van der Waals surface area contributed by atoms with E-state index in [0.29, 0.717) is 5.96 Å². The summed E-state index contributed by atoms with van der Waals surface area (Å²) in [6.07, 6.45) is 17.8. The minimum atomic E-state index is 0.480. The SMILES string of the molecule is N#C/N=C(\NCCCCCCCNOCC1CCCCC1)Nc1ccncc1. The number of rotatable bonds is 12. The average Bonchev–Trinajstić information content (AvgIpc) is 2.73. The summed E-state index contributed by atoms with van der Waals surface area (Å²) in [5.41, 5.74) is 3.97. The summed E-state index contributed by atoms with van der Waals surface area (Å²) in [4.78, 5) is 13.4. The lowest BCUT2D eigenvalue weighted by Gasteiger charge is -2.21. The zero-order valence-corrected chi connectivity index (χ0v) is 16.8. The van der Waals surface area contributed by atoms with Gasteiger partial charge in [-0.05, 0) is 43.7 Å². The van der Waals surface area contributed by atoms with Gasteiger partial charge in [0.05, 0.1) is 6.61 Å². The van der Waals surface area contributed by atoms with Crippen LogP contribution in [0.3, 0.4) is 0 Å². The maximum atomic E-state index is 8.80. The van der Waals surface area contributed by atoms with Crippen molar-refractivity contribution in [3.05, 3.63) is 24.5 Å². The number of hydrogen-bond donors (Lipinski definition) is 3. The van der Waals surface area contributed by atoms with E-state index in [4.69, 9.17) is 10.1 Å². The number of aliphatic imine (C=N–C) groups is 1. The number of nitriles is 1. The van der Waals surface area contributed by atoms with Gasteiger partial charge in [-0.2, -0.15) is 5.26 Å². The lowest BCUT2D eigenvalue weighted by atomic mass is 9.90. The van der Waals surface area contributed by atoms with Crippen molar-refractivity contribution in [3.8, 4) is 6.19 Å². The molecule has 0 spiro atoms. The van der Waals surface area contributed by atoms with E-state index >= 15 is 0 Å². The van der Waals surface area contributed by atoms with Crippen LogP contribution in [0.15, 0.2) is 29.5 Å². The number of nitrogens with zero attached hydrogens (tertiary/aromatic N) is 3. The van der Waals surface area contributed by atoms with Crippen LogP contribution in [0.4, 0.5) is 5.69 Å². The number of aromatic nitrogens is 1. The second-order valence-corrected chi connectivity index (χ2v) is 7.33. The number of guanidine groups is 1. The Hall–Kier alpha value is -2.17. The second kappa shape index (κ2) is 14.8. The van der Waals surface area contributed by atoms with Gasteiger partial charge >= 0.3 is 0 Å². The molecule has 1 aliphatic rings. The highest BCUT2D eigenvalue weighted by molar-refractivity contribution is 5.94. The van der Waals surface area contributed by atoms with Crippen LogP contribution in [0, 0.1) is 17.4 Å². The Kier molecular flexibility index (Phi) is 11.7. The van der Waals surface area contributed by atoms with E-state index in [2.05, 4.69) is 26.1 Å². The Bertz CT molecular complexity index is 580. The molecule has 1 saturated carbocycles. The van der Waals surface area contributed by atoms with Gasteiger partial charge in [-0.1, -0.05) is 38.5 Å². The normalized spacial score (nSPS) is 15.2. The average molecular weight is 387 g/mol. The predicted octanol–water partition coefficient (Wildman–Crippen LogP) is 3.97. The summed E-state index contributed by atoms with van der Waals surface area (Å²) in [6, 6.07) is 3.67. The molecule has 1 aliphatic carbocycles. The molecule has 7 nitrogen and oxygen atoms in total. The predicted molar refractivity (Wildman–Crippen MR) is 113 cm³/mol. The van der Waals surface area contributed by atoms with Gasteiger partial charge in [-0.15, -0.1) is 4.99 Å². The molecule has 7 heteroatoms. The third-order valence-electron chi connectivity index (χ3n) is 5.00. The van der Waals surface area contributed by atoms with E-state index < -0.39 is 0 Å². The first-order valence-corrected chi connectivity index (χ1v) is 10.6. The summed E-state index contributed by atoms with van der Waals surface area (Å²) >= 11 is 0. The van der Waals surface area contributed by atoms with Crippen LogP contribution in [-0.2, 0) is 4.84 Å². The van der Waals surface area contributed by atoms with Crippen molar-refractivity contribution in [1.82, 2.24) is 15.8 Å². The van der Waals surface area contributed by atoms with Crippen molar-refractivity contribution in [1.29, 1.82) is 5.26 Å². The molecule has 1 aromatic rings. The van der Waals surface area contributed by atoms with E-state index in [9.17, 15) is 0 Å². The van der Waals surface area contributed by atoms with E-state index in [1.54, 1.807) is 12.4 Å². The maximum Gasteiger partial charge on any atom is 0.211 e. The zero-order valence-electron chi connectivity index (χ0n) is 16.8. The largest absolute Gasteiger partial charge is 0.355 e. The molecule has 0 aliphatic heterocycles. The monoisotopic (exact) mass is 386 g/mol. The molecule has 154 valence electrons. The molecular formula is C21H34N6O. The Morgan fingerprint density at radius 3 is 2.54 bits per heavy atom. The van der Waals surface area contributed by atoms with Gasteiger partial charge in [0.1, 0.15) is 0 Å². The van der Waals surface area contributed by atoms with Crippen LogP contribution in [0.1, 0.15) is 64.2 Å². The van der Waals surface area contributed by atoms with Gasteiger partial charge in [-0.25, -0.2) is 5.48 Å². The highest BCUT2D eigenvalue weighted by Gasteiger charge is 2.13. The molecule has 0 atom stereocenters. The van der Waals surface area contributed by atoms with E-state index in [0.717, 1.165) is 50.6 Å². The number of hydrogen-bond acceptors (Lipinski definition) is 5. The van der Waals surface area contributed by atoms with E-state index in [1.807, 2.05) is 18.3 Å². The Morgan fingerprint density at radius 2 is 1.79 bits per heavy atom. The number of nitrogens with one attached hydrogen (secondary N) is 3. The van der Waals surface area contributed by atoms with Gasteiger partial charge in [0, 0.05) is 31.2 Å². The standard InChI is InChI=1S/C21H34N6O/c22-18-25-21(27-20-11-15-23-16-12-20)24-13-7-2-1-3-8-14-26-28-17-19-9-5-4-6-10-19/h11-12,15-16,19,26H,1-10,13-14,17H2,(H2,23,24,25,27). The van der Waals surface area contributed by atoms with Crippen LogP contribution in [0.2, 0.25) is 0 Å². The van der Waals surface area contributed by atoms with Crippen molar-refractivity contribution in [2.75, 3.05) is 25.0 Å². The quantitative estimate of drug-likeness (QED) is 0.165. The minimum Gasteiger partial charge on any atom is -0.355 e. The Morgan fingerprint density at radius 1 is 1.07 bits per heavy atom. The fourth-order valence-corrected chi connectivity index (χ4v) is 3.40. The second-order valence-electron chi connectivity index (χ2n) is 7.33. The maximum absolute atomic E-state index is 8.80. The molecule has 1 fully saturated rings. The fraction of sp³-hybridized carbons (Fsp3) is 0.667. The van der Waals surface area contributed by atoms with Gasteiger partial charge in [0.25, 0.3) is 0 Å². The van der Waals surface area contributed by atoms with Crippen molar-refractivity contribution >= 4 is 11.6 Å². The summed E-state index contributed by atoms with van der Waals surface area (Å²) in [7, 11) is 0. The van der Waals surface area contributed by atoms with Crippen molar-refractivity contribution < 1.29 is 4.84 Å². The van der Waals surface area contributed by atoms with Gasteiger partial charge in [-0.3, -0.25) is 4.98 Å². The topological polar surface area (TPSA) is 94.4 Å². The molecule has 1 aromatic heterocycles. The lowest BCUT2D eigenvalue weighted by Crippen LogP contribution is -2.31. The summed E-state index contributed by atoms with van der Waals surface area (Å²) < 4.78 is 0. The van der Waals surface area contributed by atoms with Crippen molar-refractivity contribution in [2.24, 2.45) is 10.9 Å². The first-order valence-electron chi connectivity index (χ1n) is 10.6. The molecule has 3 N–H and O–H groups in total. The highest BCUT2D eigenvalue weighted by Crippen LogP contribution is 2.23. The molecule has 1 heterocycles. The minimum absolute atomic E-state index is 0.480. The van der Waals surface area contributed by atoms with Crippen LogP contribution in [-0.4, -0.2) is 30.6 Å². The highest BCUT2D eigenvalue weighted by atomic mass is 16.6. The number of hydroxylamine groups is 1. The Labute approximate surface area is 168 Å². The summed E-state index contributed by atoms with van der Waals surface area (Å²) in [5, 5.41) is 15.1. The van der Waals surface area contributed by atoms with Crippen LogP contribution < -0.4 is 16.1 Å². The molecule has 0 amide bonds. The van der Waals surface area contributed by atoms with E-state index in [1.165, 1.54) is 44.9 Å². The number of unbranched alkanes of at least 4 members (excludes halogenated alkanes) is 4. The van der Waals surface area contributed by atoms with Gasteiger partial charge in [0.2, 0.25) is 12.2 Å². The molecular weight excluding hydrogens is 352 g/mol. The molecule has 0 aromatic carbocycles. The molecule has 0 bridgehead atoms. The molecule has 2 rings (SSSR count). The smallest absolute Gasteiger partial charge is 0.211 e. The van der Waals surface area contributed by atoms with E-state index in [-0.39, 0.29) is 0 Å². The van der Waals surface area contributed by atoms with Crippen LogP contribution in [0.5, 0.6) is 0 Å². The van der Waals surface area contributed by atoms with Crippen molar-refractivity contribution in [2.45, 2.75) is 64.2 Å². The zero-order chi connectivity index (χ0) is 19.7.